The van der Waals surface area contributed by atoms with Gasteiger partial charge in [0.2, 0.25) is 0 Å². The molecule has 0 bridgehead atoms. The standard InChI is InChI=1S/C21H23N3O3S/c1-14(2)20-23-21(27-24-20)16-6-8-17(9-7-16)26-13-19(25)22-12-15-4-10-18(28-3)11-5-15/h4-11,14H,12-13H2,1-3H3,(H,22,25). The maximum atomic E-state index is 12.0. The Balaban J connectivity index is 1.47. The van der Waals surface area contributed by atoms with Gasteiger partial charge in [-0.3, -0.25) is 4.79 Å². The summed E-state index contributed by atoms with van der Waals surface area (Å²) in [6.07, 6.45) is 2.03. The first-order valence-electron chi connectivity index (χ1n) is 9.01. The average Bonchev–Trinajstić information content (AvgIpc) is 3.22. The van der Waals surface area contributed by atoms with Gasteiger partial charge in [0.1, 0.15) is 5.75 Å². The second-order valence-electron chi connectivity index (χ2n) is 6.55. The normalized spacial score (nSPS) is 10.9. The highest BCUT2D eigenvalue weighted by atomic mass is 32.2. The Hall–Kier alpha value is -2.80. The summed E-state index contributed by atoms with van der Waals surface area (Å²) in [5.41, 5.74) is 1.86. The monoisotopic (exact) mass is 397 g/mol. The van der Waals surface area contributed by atoms with Gasteiger partial charge in [-0.05, 0) is 48.2 Å². The minimum atomic E-state index is -0.170. The van der Waals surface area contributed by atoms with E-state index in [2.05, 4.69) is 15.5 Å². The van der Waals surface area contributed by atoms with E-state index in [0.717, 1.165) is 11.1 Å². The first-order chi connectivity index (χ1) is 13.5. The highest BCUT2D eigenvalue weighted by Gasteiger charge is 2.11. The molecule has 1 N–H and O–H groups in total. The van der Waals surface area contributed by atoms with Gasteiger partial charge in [0.05, 0.1) is 0 Å². The first-order valence-corrected chi connectivity index (χ1v) is 10.2. The largest absolute Gasteiger partial charge is 0.484 e. The zero-order valence-corrected chi connectivity index (χ0v) is 17.0. The predicted octanol–water partition coefficient (Wildman–Crippen LogP) is 4.28. The zero-order chi connectivity index (χ0) is 19.9. The summed E-state index contributed by atoms with van der Waals surface area (Å²) in [5, 5.41) is 6.81. The molecule has 0 unspecified atom stereocenters. The molecule has 1 amide bonds. The number of nitrogens with one attached hydrogen (secondary N) is 1. The average molecular weight is 398 g/mol. The third-order valence-corrected chi connectivity index (χ3v) is 4.82. The number of amides is 1. The summed E-state index contributed by atoms with van der Waals surface area (Å²) in [7, 11) is 0. The van der Waals surface area contributed by atoms with Crippen LogP contribution < -0.4 is 10.1 Å². The van der Waals surface area contributed by atoms with Crippen LogP contribution in [0.15, 0.2) is 57.9 Å². The fraction of sp³-hybridized carbons (Fsp3) is 0.286. The van der Waals surface area contributed by atoms with Crippen LogP contribution in [-0.2, 0) is 11.3 Å². The molecule has 0 spiro atoms. The van der Waals surface area contributed by atoms with Crippen molar-refractivity contribution in [3.05, 3.63) is 59.9 Å². The lowest BCUT2D eigenvalue weighted by Crippen LogP contribution is -2.28. The van der Waals surface area contributed by atoms with Crippen LogP contribution >= 0.6 is 11.8 Å². The van der Waals surface area contributed by atoms with Gasteiger partial charge in [-0.25, -0.2) is 0 Å². The summed E-state index contributed by atoms with van der Waals surface area (Å²) in [6, 6.07) is 15.3. The van der Waals surface area contributed by atoms with E-state index < -0.39 is 0 Å². The lowest BCUT2D eigenvalue weighted by atomic mass is 10.2. The van der Waals surface area contributed by atoms with Crippen LogP contribution in [0, 0.1) is 0 Å². The van der Waals surface area contributed by atoms with Crippen LogP contribution in [0.5, 0.6) is 5.75 Å². The first kappa shape index (κ1) is 19.9. The van der Waals surface area contributed by atoms with Gasteiger partial charge in [0.25, 0.3) is 11.8 Å². The summed E-state index contributed by atoms with van der Waals surface area (Å²) in [6.45, 7) is 4.46. The van der Waals surface area contributed by atoms with E-state index in [-0.39, 0.29) is 18.4 Å². The predicted molar refractivity (Wildman–Crippen MR) is 109 cm³/mol. The Labute approximate surface area is 168 Å². The van der Waals surface area contributed by atoms with E-state index in [1.54, 1.807) is 23.9 Å². The van der Waals surface area contributed by atoms with Gasteiger partial charge in [-0.1, -0.05) is 31.1 Å². The Bertz CT molecular complexity index is 905. The second kappa shape index (κ2) is 9.41. The highest BCUT2D eigenvalue weighted by Crippen LogP contribution is 2.22. The lowest BCUT2D eigenvalue weighted by molar-refractivity contribution is -0.123. The smallest absolute Gasteiger partial charge is 0.258 e. The van der Waals surface area contributed by atoms with Crippen molar-refractivity contribution in [1.82, 2.24) is 15.5 Å². The molecule has 0 aliphatic carbocycles. The lowest BCUT2D eigenvalue weighted by Gasteiger charge is -2.08. The fourth-order valence-corrected chi connectivity index (χ4v) is 2.83. The van der Waals surface area contributed by atoms with Crippen LogP contribution in [0.2, 0.25) is 0 Å². The number of ether oxygens (including phenoxy) is 1. The maximum Gasteiger partial charge on any atom is 0.258 e. The number of thioether (sulfide) groups is 1. The van der Waals surface area contributed by atoms with Crippen LogP contribution in [0.25, 0.3) is 11.5 Å². The van der Waals surface area contributed by atoms with Crippen molar-refractivity contribution in [2.45, 2.75) is 31.2 Å². The van der Waals surface area contributed by atoms with Gasteiger partial charge < -0.3 is 14.6 Å². The Morgan fingerprint density at radius 2 is 1.86 bits per heavy atom. The molecule has 7 heteroatoms. The topological polar surface area (TPSA) is 77.2 Å². The van der Waals surface area contributed by atoms with Crippen molar-refractivity contribution in [2.24, 2.45) is 0 Å². The maximum absolute atomic E-state index is 12.0. The number of nitrogens with zero attached hydrogens (tertiary/aromatic N) is 2. The second-order valence-corrected chi connectivity index (χ2v) is 7.43. The van der Waals surface area contributed by atoms with Gasteiger partial charge in [0, 0.05) is 22.9 Å². The number of rotatable bonds is 8. The van der Waals surface area contributed by atoms with E-state index in [4.69, 9.17) is 9.26 Å². The van der Waals surface area contributed by atoms with Crippen molar-refractivity contribution in [1.29, 1.82) is 0 Å². The zero-order valence-electron chi connectivity index (χ0n) is 16.1. The molecule has 0 saturated carbocycles. The Morgan fingerprint density at radius 3 is 2.46 bits per heavy atom. The number of carbonyl (C=O) groups excluding carboxylic acids is 1. The van der Waals surface area contributed by atoms with E-state index >= 15 is 0 Å². The summed E-state index contributed by atoms with van der Waals surface area (Å²) >= 11 is 1.69. The molecule has 6 nitrogen and oxygen atoms in total. The number of aromatic nitrogens is 2. The quantitative estimate of drug-likeness (QED) is 0.572. The molecule has 0 fully saturated rings. The number of hydrogen-bond acceptors (Lipinski definition) is 6. The molecule has 3 aromatic rings. The minimum absolute atomic E-state index is 0.0414. The van der Waals surface area contributed by atoms with Crippen LogP contribution in [0.3, 0.4) is 0 Å². The number of hydrogen-bond donors (Lipinski definition) is 1. The molecule has 0 atom stereocenters. The fourth-order valence-electron chi connectivity index (χ4n) is 2.42. The van der Waals surface area contributed by atoms with Gasteiger partial charge in [-0.2, -0.15) is 4.98 Å². The molecule has 2 aromatic carbocycles. The van der Waals surface area contributed by atoms with Crippen LogP contribution in [0.1, 0.15) is 31.2 Å². The summed E-state index contributed by atoms with van der Waals surface area (Å²) in [5.74, 6) is 1.79. The van der Waals surface area contributed by atoms with E-state index in [9.17, 15) is 4.79 Å². The highest BCUT2D eigenvalue weighted by molar-refractivity contribution is 7.98. The molecule has 0 aliphatic rings. The van der Waals surface area contributed by atoms with Crippen LogP contribution in [0.4, 0.5) is 0 Å². The molecule has 0 aliphatic heterocycles. The number of carbonyl (C=O) groups is 1. The molecular formula is C21H23N3O3S. The van der Waals surface area contributed by atoms with E-state index in [1.807, 2.05) is 56.5 Å². The molecule has 3 rings (SSSR count). The van der Waals surface area contributed by atoms with Crippen molar-refractivity contribution < 1.29 is 14.1 Å². The third-order valence-electron chi connectivity index (χ3n) is 4.08. The van der Waals surface area contributed by atoms with Crippen molar-refractivity contribution in [3.8, 4) is 17.2 Å². The van der Waals surface area contributed by atoms with Gasteiger partial charge in [0.15, 0.2) is 12.4 Å². The van der Waals surface area contributed by atoms with Crippen molar-refractivity contribution >= 4 is 17.7 Å². The van der Waals surface area contributed by atoms with Gasteiger partial charge in [-0.15, -0.1) is 11.8 Å². The third kappa shape index (κ3) is 5.36. The summed E-state index contributed by atoms with van der Waals surface area (Å²) in [4.78, 5) is 17.6. The van der Waals surface area contributed by atoms with Gasteiger partial charge >= 0.3 is 0 Å². The van der Waals surface area contributed by atoms with Crippen molar-refractivity contribution in [3.63, 3.8) is 0 Å². The van der Waals surface area contributed by atoms with E-state index in [0.29, 0.717) is 24.0 Å². The molecule has 146 valence electrons. The Kier molecular flexibility index (Phi) is 6.71. The molecule has 0 saturated heterocycles. The molecule has 28 heavy (non-hydrogen) atoms. The Morgan fingerprint density at radius 1 is 1.14 bits per heavy atom. The minimum Gasteiger partial charge on any atom is -0.484 e. The van der Waals surface area contributed by atoms with Crippen LogP contribution in [-0.4, -0.2) is 28.9 Å². The van der Waals surface area contributed by atoms with E-state index in [1.165, 1.54) is 4.90 Å². The molecular weight excluding hydrogens is 374 g/mol. The van der Waals surface area contributed by atoms with Crippen molar-refractivity contribution in [2.75, 3.05) is 12.9 Å². The summed E-state index contributed by atoms with van der Waals surface area (Å²) < 4.78 is 10.8. The molecule has 0 radical (unpaired) electrons. The molecule has 1 aromatic heterocycles. The number of benzene rings is 2. The molecule has 1 heterocycles. The SMILES string of the molecule is CSc1ccc(CNC(=O)COc2ccc(-c3nc(C(C)C)no3)cc2)cc1.